The summed E-state index contributed by atoms with van der Waals surface area (Å²) in [4.78, 5) is 13.4. The topological polar surface area (TPSA) is 46.3 Å². The summed E-state index contributed by atoms with van der Waals surface area (Å²) in [5.74, 6) is 2.59. The van der Waals surface area contributed by atoms with Gasteiger partial charge in [-0.3, -0.25) is 9.69 Å². The first-order valence-corrected chi connectivity index (χ1v) is 6.23. The number of nitrogens with two attached hydrogens (primary N) is 1. The van der Waals surface area contributed by atoms with Gasteiger partial charge in [-0.25, -0.2) is 0 Å². The van der Waals surface area contributed by atoms with Crippen molar-refractivity contribution in [3.8, 4) is 0 Å². The average molecular weight is 208 g/mol. The number of nitrogens with zero attached hydrogens (tertiary/aromatic N) is 1. The molecule has 2 saturated carbocycles. The molecular formula is C12H20N2O. The second-order valence-corrected chi connectivity index (χ2v) is 5.83. The summed E-state index contributed by atoms with van der Waals surface area (Å²) in [6, 6.07) is 0.661. The Morgan fingerprint density at radius 2 is 1.67 bits per heavy atom. The zero-order valence-corrected chi connectivity index (χ0v) is 9.19. The lowest BCUT2D eigenvalue weighted by molar-refractivity contribution is -0.119. The van der Waals surface area contributed by atoms with Gasteiger partial charge in [-0.1, -0.05) is 0 Å². The Morgan fingerprint density at radius 3 is 2.27 bits per heavy atom. The highest BCUT2D eigenvalue weighted by molar-refractivity contribution is 5.76. The molecule has 2 unspecified atom stereocenters. The Kier molecular flexibility index (Phi) is 2.23. The molecule has 2 heterocycles. The molecule has 4 bridgehead atoms. The first kappa shape index (κ1) is 9.64. The van der Waals surface area contributed by atoms with Crippen LogP contribution in [0.15, 0.2) is 0 Å². The monoisotopic (exact) mass is 208 g/mol. The lowest BCUT2D eigenvalue weighted by Gasteiger charge is -2.38. The van der Waals surface area contributed by atoms with Crippen LogP contribution in [-0.4, -0.2) is 29.9 Å². The van der Waals surface area contributed by atoms with Crippen molar-refractivity contribution in [2.45, 2.75) is 38.1 Å². The van der Waals surface area contributed by atoms with Crippen molar-refractivity contribution >= 4 is 5.91 Å². The van der Waals surface area contributed by atoms with Crippen LogP contribution in [0.2, 0.25) is 0 Å². The predicted molar refractivity (Wildman–Crippen MR) is 58.1 cm³/mol. The number of hydrogen-bond donors (Lipinski definition) is 1. The highest BCUT2D eigenvalue weighted by Crippen LogP contribution is 2.47. The molecule has 0 spiro atoms. The number of carbonyl (C=O) groups is 1. The second kappa shape index (κ2) is 3.48. The maximum Gasteiger partial charge on any atom is 0.231 e. The second-order valence-electron chi connectivity index (χ2n) is 5.83. The number of rotatable bonds is 2. The molecule has 84 valence electrons. The standard InChI is InChI=1S/C12H20N2O/c13-12(15)7-14-6-10-2-8-1-9(3-10)5-11(14)4-8/h8-11H,1-7H2,(H2,13,15)/t8-,9+,10?,11?. The Labute approximate surface area is 91.0 Å². The minimum absolute atomic E-state index is 0.156. The van der Waals surface area contributed by atoms with Crippen molar-refractivity contribution in [2.24, 2.45) is 23.5 Å². The zero-order chi connectivity index (χ0) is 10.4. The number of primary amides is 1. The van der Waals surface area contributed by atoms with E-state index in [0.717, 1.165) is 24.3 Å². The summed E-state index contributed by atoms with van der Waals surface area (Å²) >= 11 is 0. The number of hydrogen-bond acceptors (Lipinski definition) is 2. The first-order valence-electron chi connectivity index (χ1n) is 6.23. The molecule has 15 heavy (non-hydrogen) atoms. The molecule has 2 aliphatic carbocycles. The normalized spacial score (nSPS) is 44.3. The van der Waals surface area contributed by atoms with Gasteiger partial charge in [-0.15, -0.1) is 0 Å². The van der Waals surface area contributed by atoms with Crippen LogP contribution in [0.25, 0.3) is 0 Å². The van der Waals surface area contributed by atoms with E-state index >= 15 is 0 Å². The fraction of sp³-hybridized carbons (Fsp3) is 0.917. The van der Waals surface area contributed by atoms with Crippen molar-refractivity contribution < 1.29 is 4.79 Å². The molecule has 3 heteroatoms. The van der Waals surface area contributed by atoms with E-state index in [0.29, 0.717) is 12.6 Å². The van der Waals surface area contributed by atoms with Crippen molar-refractivity contribution in [1.29, 1.82) is 0 Å². The lowest BCUT2D eigenvalue weighted by atomic mass is 9.68. The molecule has 2 saturated heterocycles. The van der Waals surface area contributed by atoms with Gasteiger partial charge in [-0.05, 0) is 49.9 Å². The number of amides is 1. The van der Waals surface area contributed by atoms with Gasteiger partial charge in [0.15, 0.2) is 0 Å². The maximum absolute atomic E-state index is 11.0. The Morgan fingerprint density at radius 1 is 1.07 bits per heavy atom. The van der Waals surface area contributed by atoms with Gasteiger partial charge in [0, 0.05) is 12.6 Å². The molecular weight excluding hydrogens is 188 g/mol. The van der Waals surface area contributed by atoms with Crippen molar-refractivity contribution in [3.63, 3.8) is 0 Å². The van der Waals surface area contributed by atoms with Crippen LogP contribution in [0.1, 0.15) is 32.1 Å². The smallest absolute Gasteiger partial charge is 0.231 e. The van der Waals surface area contributed by atoms with E-state index in [4.69, 9.17) is 5.73 Å². The van der Waals surface area contributed by atoms with Crippen molar-refractivity contribution in [2.75, 3.05) is 13.1 Å². The Bertz CT molecular complexity index is 265. The largest absolute Gasteiger partial charge is 0.369 e. The molecule has 0 aromatic carbocycles. The summed E-state index contributed by atoms with van der Waals surface area (Å²) in [7, 11) is 0. The van der Waals surface area contributed by atoms with Crippen molar-refractivity contribution in [3.05, 3.63) is 0 Å². The maximum atomic E-state index is 11.0. The van der Waals surface area contributed by atoms with E-state index in [1.54, 1.807) is 0 Å². The Hall–Kier alpha value is -0.570. The summed E-state index contributed by atoms with van der Waals surface area (Å²) in [6.07, 6.45) is 6.91. The Balaban J connectivity index is 1.79. The molecule has 4 aliphatic rings. The summed E-state index contributed by atoms with van der Waals surface area (Å²) in [6.45, 7) is 1.61. The minimum atomic E-state index is -0.156. The minimum Gasteiger partial charge on any atom is -0.369 e. The molecule has 0 radical (unpaired) electrons. The molecule has 0 aromatic heterocycles. The summed E-state index contributed by atoms with van der Waals surface area (Å²) in [5.41, 5.74) is 5.32. The van der Waals surface area contributed by atoms with E-state index < -0.39 is 0 Å². The zero-order valence-electron chi connectivity index (χ0n) is 9.19. The van der Waals surface area contributed by atoms with Gasteiger partial charge >= 0.3 is 0 Å². The molecule has 2 aliphatic heterocycles. The average Bonchev–Trinajstić information content (AvgIpc) is 2.30. The van der Waals surface area contributed by atoms with Crippen molar-refractivity contribution in [1.82, 2.24) is 4.90 Å². The number of fused-ring (bicyclic) bond motifs is 1. The SMILES string of the molecule is NC(=O)CN1CC2C[C@@H]3CC1C[C@H](C2)C3. The third kappa shape index (κ3) is 1.78. The highest BCUT2D eigenvalue weighted by atomic mass is 16.1. The molecule has 4 atom stereocenters. The van der Waals surface area contributed by atoms with Gasteiger partial charge < -0.3 is 5.73 Å². The fourth-order valence-corrected chi connectivity index (χ4v) is 4.28. The molecule has 0 aromatic rings. The van der Waals surface area contributed by atoms with Gasteiger partial charge in [0.25, 0.3) is 0 Å². The van der Waals surface area contributed by atoms with E-state index in [1.165, 1.54) is 32.1 Å². The third-order valence-electron chi connectivity index (χ3n) is 4.58. The third-order valence-corrected chi connectivity index (χ3v) is 4.58. The van der Waals surface area contributed by atoms with Gasteiger partial charge in [0.05, 0.1) is 6.54 Å². The van der Waals surface area contributed by atoms with Crippen LogP contribution in [-0.2, 0) is 4.79 Å². The van der Waals surface area contributed by atoms with E-state index in [2.05, 4.69) is 4.90 Å². The summed E-state index contributed by atoms with van der Waals surface area (Å²) in [5, 5.41) is 0. The van der Waals surface area contributed by atoms with Crippen LogP contribution in [0.3, 0.4) is 0 Å². The quantitative estimate of drug-likeness (QED) is 0.735. The van der Waals surface area contributed by atoms with E-state index in [-0.39, 0.29) is 5.91 Å². The fourth-order valence-electron chi connectivity index (χ4n) is 4.28. The van der Waals surface area contributed by atoms with E-state index in [1.807, 2.05) is 0 Å². The molecule has 2 N–H and O–H groups in total. The van der Waals surface area contributed by atoms with Crippen LogP contribution in [0.5, 0.6) is 0 Å². The molecule has 3 nitrogen and oxygen atoms in total. The number of carbonyl (C=O) groups excluding carboxylic acids is 1. The molecule has 4 fully saturated rings. The molecule has 4 rings (SSSR count). The summed E-state index contributed by atoms with van der Waals surface area (Å²) < 4.78 is 0. The first-order chi connectivity index (χ1) is 7.20. The lowest BCUT2D eigenvalue weighted by Crippen LogP contribution is -2.42. The van der Waals surface area contributed by atoms with Crippen LogP contribution >= 0.6 is 0 Å². The van der Waals surface area contributed by atoms with Gasteiger partial charge in [0.1, 0.15) is 0 Å². The highest BCUT2D eigenvalue weighted by Gasteiger charge is 2.42. The van der Waals surface area contributed by atoms with Crippen LogP contribution in [0.4, 0.5) is 0 Å². The predicted octanol–water partition coefficient (Wildman–Crippen LogP) is 0.982. The molecule has 1 amide bonds. The van der Waals surface area contributed by atoms with Gasteiger partial charge in [-0.2, -0.15) is 0 Å². The van der Waals surface area contributed by atoms with E-state index in [9.17, 15) is 4.79 Å². The van der Waals surface area contributed by atoms with Gasteiger partial charge in [0.2, 0.25) is 5.91 Å². The van der Waals surface area contributed by atoms with Crippen LogP contribution < -0.4 is 5.73 Å². The van der Waals surface area contributed by atoms with Crippen LogP contribution in [0, 0.1) is 17.8 Å².